The van der Waals surface area contributed by atoms with Gasteiger partial charge in [0, 0.05) is 5.41 Å². The first-order valence-corrected chi connectivity index (χ1v) is 15.2. The minimum Gasteiger partial charge on any atom is -0.296 e. The number of carbonyl (C=O) groups is 1. The standard InChI is InChI=1S/C30H46Br2O/c1-24(2)11-12-26(5)13-15-28(7)21-10-9-19-20(17-30(31,32)23(33)25(19,3)4)27(21,6)14-16-29(28,8)22(26)18-24/h9,20-22H,10-18H2,1-8H3/t20-,21+,22-,26-,27+,28-,29+/m1/s1. The zero-order valence-electron chi connectivity index (χ0n) is 22.3. The van der Waals surface area contributed by atoms with E-state index in [1.807, 2.05) is 0 Å². The van der Waals surface area contributed by atoms with E-state index in [0.717, 1.165) is 18.8 Å². The number of fused-ring (bicyclic) bond motifs is 7. The van der Waals surface area contributed by atoms with Gasteiger partial charge < -0.3 is 0 Å². The molecule has 0 spiro atoms. The molecule has 1 nitrogen and oxygen atoms in total. The van der Waals surface area contributed by atoms with E-state index in [1.165, 1.54) is 50.5 Å². The minimum atomic E-state index is -0.587. The SMILES string of the molecule is CC1(C)CC[C@]2(C)CC[C@]3(C)[C@H]4CC=C5[C@@H](CC(Br)(Br)C(=O)C5(C)C)[C@]4(C)CC[C@@]3(C)[C@@H]2C1. The van der Waals surface area contributed by atoms with Crippen LogP contribution in [0.5, 0.6) is 0 Å². The van der Waals surface area contributed by atoms with Gasteiger partial charge in [-0.2, -0.15) is 0 Å². The number of alkyl halides is 2. The van der Waals surface area contributed by atoms with E-state index >= 15 is 0 Å². The highest BCUT2D eigenvalue weighted by atomic mass is 79.9. The van der Waals surface area contributed by atoms with Crippen LogP contribution in [-0.2, 0) is 4.79 Å². The monoisotopic (exact) mass is 580 g/mol. The predicted octanol–water partition coefficient (Wildman–Crippen LogP) is 9.47. The molecule has 0 aliphatic heterocycles. The van der Waals surface area contributed by atoms with Crippen LogP contribution in [0.15, 0.2) is 11.6 Å². The second-order valence-electron chi connectivity index (χ2n) is 15.3. The first-order chi connectivity index (χ1) is 14.9. The van der Waals surface area contributed by atoms with Gasteiger partial charge in [-0.25, -0.2) is 0 Å². The van der Waals surface area contributed by atoms with Crippen molar-refractivity contribution in [3.63, 3.8) is 0 Å². The molecule has 5 aliphatic carbocycles. The van der Waals surface area contributed by atoms with Crippen LogP contribution in [0, 0.1) is 50.2 Å². The van der Waals surface area contributed by atoms with E-state index in [-0.39, 0.29) is 5.41 Å². The third-order valence-corrected chi connectivity index (χ3v) is 14.2. The van der Waals surface area contributed by atoms with Gasteiger partial charge in [-0.05, 0) is 116 Å². The first kappa shape index (κ1) is 25.0. The van der Waals surface area contributed by atoms with Gasteiger partial charge in [0.2, 0.25) is 0 Å². The fourth-order valence-electron chi connectivity index (χ4n) is 10.3. The molecule has 186 valence electrons. The fraction of sp³-hybridized carbons (Fsp3) is 0.900. The van der Waals surface area contributed by atoms with Gasteiger partial charge in [-0.1, -0.05) is 85.1 Å². The molecular weight excluding hydrogens is 536 g/mol. The molecule has 4 saturated carbocycles. The zero-order chi connectivity index (χ0) is 24.5. The summed E-state index contributed by atoms with van der Waals surface area (Å²) in [5.74, 6) is 2.30. The lowest BCUT2D eigenvalue weighted by molar-refractivity contribution is -0.229. The summed E-state index contributed by atoms with van der Waals surface area (Å²) in [5, 5.41) is 0. The van der Waals surface area contributed by atoms with Crippen molar-refractivity contribution in [2.75, 3.05) is 0 Å². The minimum absolute atomic E-state index is 0.265. The van der Waals surface area contributed by atoms with Crippen LogP contribution < -0.4 is 0 Å². The van der Waals surface area contributed by atoms with E-state index in [2.05, 4.69) is 93.3 Å². The Morgan fingerprint density at radius 3 is 2.00 bits per heavy atom. The molecular formula is C30H46Br2O. The lowest BCUT2D eigenvalue weighted by atomic mass is 9.31. The summed E-state index contributed by atoms with van der Waals surface area (Å²) in [4.78, 5) is 13.3. The van der Waals surface area contributed by atoms with Crippen LogP contribution in [0.4, 0.5) is 0 Å². The Morgan fingerprint density at radius 2 is 1.33 bits per heavy atom. The van der Waals surface area contributed by atoms with E-state index in [0.29, 0.717) is 39.3 Å². The van der Waals surface area contributed by atoms with Crippen molar-refractivity contribution in [2.24, 2.45) is 50.2 Å². The number of Topliss-reactive ketones (excluding diaryl/α,β-unsaturated/α-hetero) is 1. The summed E-state index contributed by atoms with van der Waals surface area (Å²) in [6, 6.07) is 0. The molecule has 0 radical (unpaired) electrons. The molecule has 0 saturated heterocycles. The van der Waals surface area contributed by atoms with Gasteiger partial charge in [0.05, 0.1) is 0 Å². The van der Waals surface area contributed by atoms with Gasteiger partial charge in [0.25, 0.3) is 0 Å². The van der Waals surface area contributed by atoms with Crippen LogP contribution in [0.3, 0.4) is 0 Å². The number of hydrogen-bond donors (Lipinski definition) is 0. The Balaban J connectivity index is 1.59. The van der Waals surface area contributed by atoms with Gasteiger partial charge in [0.15, 0.2) is 5.78 Å². The molecule has 5 aliphatic rings. The highest BCUT2D eigenvalue weighted by molar-refractivity contribution is 9.25. The molecule has 33 heavy (non-hydrogen) atoms. The summed E-state index contributed by atoms with van der Waals surface area (Å²) in [7, 11) is 0. The van der Waals surface area contributed by atoms with Crippen molar-refractivity contribution in [1.82, 2.24) is 0 Å². The Labute approximate surface area is 220 Å². The van der Waals surface area contributed by atoms with E-state index in [9.17, 15) is 4.79 Å². The average molecular weight is 583 g/mol. The molecule has 0 heterocycles. The van der Waals surface area contributed by atoms with Crippen molar-refractivity contribution < 1.29 is 4.79 Å². The van der Waals surface area contributed by atoms with Crippen LogP contribution >= 0.6 is 31.9 Å². The summed E-state index contributed by atoms with van der Waals surface area (Å²) in [6.45, 7) is 20.0. The quantitative estimate of drug-likeness (QED) is 0.205. The van der Waals surface area contributed by atoms with Crippen LogP contribution in [0.1, 0.15) is 113 Å². The number of halogens is 2. The maximum atomic E-state index is 13.3. The molecule has 0 bridgehead atoms. The molecule has 0 unspecified atom stereocenters. The van der Waals surface area contributed by atoms with Crippen LogP contribution in [0.2, 0.25) is 0 Å². The largest absolute Gasteiger partial charge is 0.296 e. The molecule has 4 fully saturated rings. The smallest absolute Gasteiger partial charge is 0.169 e. The number of ketones is 1. The molecule has 5 rings (SSSR count). The third-order valence-electron chi connectivity index (χ3n) is 12.8. The summed E-state index contributed by atoms with van der Waals surface area (Å²) < 4.78 is -0.587. The Hall–Kier alpha value is 0.370. The number of rotatable bonds is 0. The van der Waals surface area contributed by atoms with Crippen molar-refractivity contribution in [3.8, 4) is 0 Å². The molecule has 0 aromatic rings. The highest BCUT2D eigenvalue weighted by Crippen LogP contribution is 2.77. The van der Waals surface area contributed by atoms with E-state index < -0.39 is 8.65 Å². The van der Waals surface area contributed by atoms with Crippen molar-refractivity contribution in [2.45, 2.75) is 116 Å². The molecule has 0 aromatic heterocycles. The Kier molecular flexibility index (Phi) is 5.33. The molecule has 3 heteroatoms. The molecule has 0 aromatic carbocycles. The molecule has 7 atom stereocenters. The number of carbonyl (C=O) groups excluding carboxylic acids is 1. The third kappa shape index (κ3) is 3.15. The van der Waals surface area contributed by atoms with Gasteiger partial charge in [0.1, 0.15) is 3.23 Å². The van der Waals surface area contributed by atoms with Gasteiger partial charge >= 0.3 is 0 Å². The van der Waals surface area contributed by atoms with Crippen molar-refractivity contribution >= 4 is 37.6 Å². The average Bonchev–Trinajstić information content (AvgIpc) is 2.70. The summed E-state index contributed by atoms with van der Waals surface area (Å²) in [5.41, 5.74) is 3.08. The second kappa shape index (κ2) is 7.02. The number of hydrogen-bond acceptors (Lipinski definition) is 1. The van der Waals surface area contributed by atoms with Gasteiger partial charge in [-0.3, -0.25) is 4.79 Å². The lowest BCUT2D eigenvalue weighted by Gasteiger charge is -2.73. The summed E-state index contributed by atoms with van der Waals surface area (Å²) in [6.07, 6.45) is 14.2. The number of allylic oxidation sites excluding steroid dienone is 2. The summed E-state index contributed by atoms with van der Waals surface area (Å²) >= 11 is 7.67. The zero-order valence-corrected chi connectivity index (χ0v) is 25.5. The topological polar surface area (TPSA) is 17.1 Å². The normalized spacial score (nSPS) is 52.0. The van der Waals surface area contributed by atoms with Crippen LogP contribution in [-0.4, -0.2) is 9.02 Å². The highest BCUT2D eigenvalue weighted by Gasteiger charge is 2.70. The van der Waals surface area contributed by atoms with Gasteiger partial charge in [-0.15, -0.1) is 0 Å². The fourth-order valence-corrected chi connectivity index (χ4v) is 12.0. The lowest BCUT2D eigenvalue weighted by Crippen LogP contribution is -2.66. The second-order valence-corrected chi connectivity index (χ2v) is 19.1. The molecule has 0 N–H and O–H groups in total. The van der Waals surface area contributed by atoms with Crippen molar-refractivity contribution in [3.05, 3.63) is 11.6 Å². The van der Waals surface area contributed by atoms with E-state index in [4.69, 9.17) is 0 Å². The van der Waals surface area contributed by atoms with Crippen LogP contribution in [0.25, 0.3) is 0 Å². The maximum Gasteiger partial charge on any atom is 0.169 e. The van der Waals surface area contributed by atoms with Crippen molar-refractivity contribution in [1.29, 1.82) is 0 Å². The van der Waals surface area contributed by atoms with E-state index in [1.54, 1.807) is 0 Å². The first-order valence-electron chi connectivity index (χ1n) is 13.6. The Bertz CT molecular complexity index is 914. The molecule has 0 amide bonds. The maximum absolute atomic E-state index is 13.3. The predicted molar refractivity (Wildman–Crippen MR) is 146 cm³/mol. The Morgan fingerprint density at radius 1 is 0.758 bits per heavy atom.